The molecule has 3 aromatic rings. The molecule has 0 aliphatic rings. The molecule has 0 fully saturated rings. The monoisotopic (exact) mass is 462 g/mol. The summed E-state index contributed by atoms with van der Waals surface area (Å²) in [5.41, 5.74) is 1.80. The molecule has 2 unspecified atom stereocenters. The predicted molar refractivity (Wildman–Crippen MR) is 135 cm³/mol. The average molecular weight is 463 g/mol. The van der Waals surface area contributed by atoms with Gasteiger partial charge >= 0.3 is 0 Å². The van der Waals surface area contributed by atoms with Crippen molar-refractivity contribution in [3.8, 4) is 6.07 Å². The van der Waals surface area contributed by atoms with Gasteiger partial charge in [-0.25, -0.2) is 4.68 Å². The Bertz CT molecular complexity index is 998. The van der Waals surface area contributed by atoms with Crippen LogP contribution in [0.25, 0.3) is 0 Å². The highest BCUT2D eigenvalue weighted by Gasteiger charge is 2.35. The molecule has 0 radical (unpaired) electrons. The van der Waals surface area contributed by atoms with E-state index in [-0.39, 0.29) is 12.0 Å². The molecule has 1 N–H and O–H groups in total. The number of benzene rings is 2. The molecule has 0 saturated carbocycles. The highest BCUT2D eigenvalue weighted by molar-refractivity contribution is 7.98. The van der Waals surface area contributed by atoms with Crippen molar-refractivity contribution in [2.75, 3.05) is 18.6 Å². The summed E-state index contributed by atoms with van der Waals surface area (Å²) in [7, 11) is 0. The van der Waals surface area contributed by atoms with E-state index in [0.717, 1.165) is 42.9 Å². The van der Waals surface area contributed by atoms with E-state index in [1.54, 1.807) is 0 Å². The van der Waals surface area contributed by atoms with Crippen molar-refractivity contribution in [1.29, 1.82) is 5.26 Å². The maximum Gasteiger partial charge on any atom is 0.168 e. The van der Waals surface area contributed by atoms with Crippen LogP contribution in [-0.2, 0) is 12.0 Å². The Morgan fingerprint density at radius 2 is 1.79 bits per heavy atom. The lowest BCUT2D eigenvalue weighted by Crippen LogP contribution is -2.33. The molecule has 6 nitrogen and oxygen atoms in total. The Morgan fingerprint density at radius 1 is 1.09 bits per heavy atom. The Labute approximate surface area is 201 Å². The van der Waals surface area contributed by atoms with Crippen LogP contribution in [0.15, 0.2) is 60.7 Å². The Balaban J connectivity index is 1.67. The van der Waals surface area contributed by atoms with Gasteiger partial charge < -0.3 is 5.32 Å². The second-order valence-electron chi connectivity index (χ2n) is 8.68. The van der Waals surface area contributed by atoms with Crippen LogP contribution in [0.1, 0.15) is 56.1 Å². The van der Waals surface area contributed by atoms with Crippen molar-refractivity contribution in [2.24, 2.45) is 5.92 Å². The highest BCUT2D eigenvalue weighted by Crippen LogP contribution is 2.36. The number of nitrogens with one attached hydrogen (secondary N) is 1. The smallest absolute Gasteiger partial charge is 0.168 e. The van der Waals surface area contributed by atoms with Crippen molar-refractivity contribution in [1.82, 2.24) is 25.5 Å². The van der Waals surface area contributed by atoms with Crippen molar-refractivity contribution < 1.29 is 0 Å². The number of hydrogen-bond donors (Lipinski definition) is 1. The molecule has 1 aromatic heterocycles. The largest absolute Gasteiger partial charge is 0.307 e. The molecule has 0 bridgehead atoms. The van der Waals surface area contributed by atoms with E-state index in [2.05, 4.69) is 71.3 Å². The van der Waals surface area contributed by atoms with Gasteiger partial charge in [-0.3, -0.25) is 0 Å². The van der Waals surface area contributed by atoms with E-state index in [1.807, 2.05) is 52.8 Å². The average Bonchev–Trinajstić information content (AvgIpc) is 3.30. The first-order chi connectivity index (χ1) is 16.1. The molecule has 7 heteroatoms. The number of rotatable bonds is 13. The molecule has 2 atom stereocenters. The first-order valence-corrected chi connectivity index (χ1v) is 13.0. The van der Waals surface area contributed by atoms with Crippen LogP contribution in [0.2, 0.25) is 0 Å². The third-order valence-corrected chi connectivity index (χ3v) is 6.91. The van der Waals surface area contributed by atoms with Crippen LogP contribution in [0, 0.1) is 17.2 Å². The third kappa shape index (κ3) is 6.43. The predicted octanol–water partition coefficient (Wildman–Crippen LogP) is 5.00. The van der Waals surface area contributed by atoms with Gasteiger partial charge in [0.2, 0.25) is 0 Å². The van der Waals surface area contributed by atoms with Gasteiger partial charge in [0.15, 0.2) is 5.82 Å². The highest BCUT2D eigenvalue weighted by atomic mass is 32.2. The summed E-state index contributed by atoms with van der Waals surface area (Å²) in [5.74, 6) is 2.12. The van der Waals surface area contributed by atoms with E-state index >= 15 is 0 Å². The number of aromatic nitrogens is 4. The molecule has 0 aliphatic heterocycles. The van der Waals surface area contributed by atoms with Crippen molar-refractivity contribution in [3.63, 3.8) is 0 Å². The van der Waals surface area contributed by atoms with Crippen LogP contribution in [0.4, 0.5) is 0 Å². The Morgan fingerprint density at radius 3 is 2.42 bits per heavy atom. The van der Waals surface area contributed by atoms with Crippen LogP contribution in [-0.4, -0.2) is 38.8 Å². The summed E-state index contributed by atoms with van der Waals surface area (Å²) in [5, 5.41) is 26.4. The fraction of sp³-hybridized carbons (Fsp3) is 0.462. The molecule has 0 amide bonds. The summed E-state index contributed by atoms with van der Waals surface area (Å²) < 4.78 is 1.89. The van der Waals surface area contributed by atoms with Gasteiger partial charge in [-0.1, -0.05) is 74.5 Å². The molecule has 33 heavy (non-hydrogen) atoms. The minimum Gasteiger partial charge on any atom is -0.307 e. The first-order valence-electron chi connectivity index (χ1n) is 11.6. The third-order valence-electron chi connectivity index (χ3n) is 6.27. The zero-order chi connectivity index (χ0) is 23.5. The molecular formula is C26H34N6S. The molecule has 0 saturated heterocycles. The molecule has 0 aliphatic carbocycles. The summed E-state index contributed by atoms with van der Waals surface area (Å²) in [6.45, 7) is 5.74. The fourth-order valence-electron chi connectivity index (χ4n) is 4.28. The Hall–Kier alpha value is -2.69. The van der Waals surface area contributed by atoms with Crippen LogP contribution >= 0.6 is 11.8 Å². The topological polar surface area (TPSA) is 79.4 Å². The Kier molecular flexibility index (Phi) is 9.47. The molecule has 2 aromatic carbocycles. The number of tetrazole rings is 1. The van der Waals surface area contributed by atoms with Crippen LogP contribution in [0.3, 0.4) is 0 Å². The lowest BCUT2D eigenvalue weighted by atomic mass is 9.70. The van der Waals surface area contributed by atoms with Gasteiger partial charge in [-0.15, -0.1) is 5.10 Å². The summed E-state index contributed by atoms with van der Waals surface area (Å²) in [6, 6.07) is 23.2. The quantitative estimate of drug-likeness (QED) is 0.360. The zero-order valence-corrected chi connectivity index (χ0v) is 20.6. The SMILES string of the molecule is CSCCC(NCCCC(C#N)(c1ccccc1)C(C)C)c1nnnn1Cc1ccccc1. The lowest BCUT2D eigenvalue weighted by Gasteiger charge is -2.31. The van der Waals surface area contributed by atoms with Crippen LogP contribution in [0.5, 0.6) is 0 Å². The molecule has 1 heterocycles. The number of thioether (sulfide) groups is 1. The number of hydrogen-bond acceptors (Lipinski definition) is 6. The maximum absolute atomic E-state index is 10.1. The van der Waals surface area contributed by atoms with E-state index in [9.17, 15) is 5.26 Å². The van der Waals surface area contributed by atoms with Gasteiger partial charge in [0, 0.05) is 0 Å². The number of nitrogens with zero attached hydrogens (tertiary/aromatic N) is 5. The maximum atomic E-state index is 10.1. The summed E-state index contributed by atoms with van der Waals surface area (Å²) in [4.78, 5) is 0. The zero-order valence-electron chi connectivity index (χ0n) is 19.8. The van der Waals surface area contributed by atoms with Crippen molar-refractivity contribution in [2.45, 2.75) is 51.1 Å². The standard InChI is InChI=1S/C26H34N6S/c1-21(2)26(20-27,23-13-8-5-9-14-23)16-10-17-28-24(15-18-33-3)25-29-30-31-32(25)19-22-11-6-4-7-12-22/h4-9,11-14,21,24,28H,10,15-19H2,1-3H3. The van der Waals surface area contributed by atoms with E-state index in [4.69, 9.17) is 0 Å². The van der Waals surface area contributed by atoms with Gasteiger partial charge in [-0.05, 0) is 65.3 Å². The lowest BCUT2D eigenvalue weighted by molar-refractivity contribution is 0.349. The molecule has 0 spiro atoms. The van der Waals surface area contributed by atoms with E-state index < -0.39 is 5.41 Å². The fourth-order valence-corrected chi connectivity index (χ4v) is 4.75. The molecule has 3 rings (SSSR count). The van der Waals surface area contributed by atoms with Crippen molar-refractivity contribution >= 4 is 11.8 Å². The number of nitriles is 1. The molecular weight excluding hydrogens is 428 g/mol. The van der Waals surface area contributed by atoms with Crippen molar-refractivity contribution in [3.05, 3.63) is 77.6 Å². The molecule has 174 valence electrons. The summed E-state index contributed by atoms with van der Waals surface area (Å²) in [6.07, 6.45) is 4.77. The first kappa shape index (κ1) is 24.9. The minimum absolute atomic E-state index is 0.0726. The van der Waals surface area contributed by atoms with E-state index in [0.29, 0.717) is 6.54 Å². The van der Waals surface area contributed by atoms with Gasteiger partial charge in [0.1, 0.15) is 0 Å². The van der Waals surface area contributed by atoms with Crippen LogP contribution < -0.4 is 5.32 Å². The van der Waals surface area contributed by atoms with Gasteiger partial charge in [0.05, 0.1) is 24.1 Å². The minimum atomic E-state index is -0.480. The second kappa shape index (κ2) is 12.5. The van der Waals surface area contributed by atoms with Gasteiger partial charge in [-0.2, -0.15) is 17.0 Å². The second-order valence-corrected chi connectivity index (χ2v) is 9.66. The summed E-state index contributed by atoms with van der Waals surface area (Å²) >= 11 is 1.82. The normalized spacial score (nSPS) is 14.0. The van der Waals surface area contributed by atoms with E-state index in [1.165, 1.54) is 5.56 Å². The van der Waals surface area contributed by atoms with Gasteiger partial charge in [0.25, 0.3) is 0 Å².